The van der Waals surface area contributed by atoms with Gasteiger partial charge in [-0.1, -0.05) is 11.8 Å². The molecule has 0 aromatic heterocycles. The third-order valence-corrected chi connectivity index (χ3v) is 5.35. The Morgan fingerprint density at radius 3 is 2.36 bits per heavy atom. The highest BCUT2D eigenvalue weighted by Crippen LogP contribution is 2.40. The number of hydrogen-bond acceptors (Lipinski definition) is 5. The van der Waals surface area contributed by atoms with Crippen molar-refractivity contribution in [1.82, 2.24) is 0 Å². The highest BCUT2D eigenvalue weighted by Gasteiger charge is 2.30. The number of amides is 1. The first-order valence-corrected chi connectivity index (χ1v) is 8.35. The standard InChI is InChI=1S/C16H21N3O2S/c1-11-15(16(17)20)22-12(2)19(11)14-5-3-13(4-6-14)18-7-9-21-10-8-18/h3-6,12H,7-10H2,1-2H3,(H2,17,20). The van der Waals surface area contributed by atoms with Gasteiger partial charge in [0.05, 0.1) is 23.5 Å². The van der Waals surface area contributed by atoms with Crippen LogP contribution >= 0.6 is 11.8 Å². The van der Waals surface area contributed by atoms with Crippen LogP contribution < -0.4 is 15.5 Å². The van der Waals surface area contributed by atoms with E-state index in [1.165, 1.54) is 17.4 Å². The van der Waals surface area contributed by atoms with Crippen LogP contribution in [0, 0.1) is 0 Å². The van der Waals surface area contributed by atoms with E-state index in [1.807, 2.05) is 6.92 Å². The van der Waals surface area contributed by atoms with Gasteiger partial charge in [-0.25, -0.2) is 0 Å². The summed E-state index contributed by atoms with van der Waals surface area (Å²) in [7, 11) is 0. The van der Waals surface area contributed by atoms with Gasteiger partial charge in [-0.2, -0.15) is 0 Å². The van der Waals surface area contributed by atoms with Crippen molar-refractivity contribution in [1.29, 1.82) is 0 Å². The van der Waals surface area contributed by atoms with E-state index < -0.39 is 0 Å². The van der Waals surface area contributed by atoms with Crippen molar-refractivity contribution in [2.45, 2.75) is 19.2 Å². The Morgan fingerprint density at radius 1 is 1.23 bits per heavy atom. The average Bonchev–Trinajstić information content (AvgIpc) is 2.83. The highest BCUT2D eigenvalue weighted by atomic mass is 32.2. The summed E-state index contributed by atoms with van der Waals surface area (Å²) >= 11 is 1.52. The number of rotatable bonds is 3. The van der Waals surface area contributed by atoms with Crippen LogP contribution in [0.4, 0.5) is 11.4 Å². The maximum atomic E-state index is 11.5. The molecule has 1 aromatic rings. The molecule has 6 heteroatoms. The summed E-state index contributed by atoms with van der Waals surface area (Å²) in [5.41, 5.74) is 8.68. The topological polar surface area (TPSA) is 58.8 Å². The number of primary amides is 1. The Kier molecular flexibility index (Phi) is 4.31. The number of benzene rings is 1. The van der Waals surface area contributed by atoms with Crippen molar-refractivity contribution in [3.63, 3.8) is 0 Å². The van der Waals surface area contributed by atoms with Gasteiger partial charge < -0.3 is 20.3 Å². The lowest BCUT2D eigenvalue weighted by atomic mass is 10.2. The second-order valence-corrected chi connectivity index (χ2v) is 6.81. The molecule has 1 unspecified atom stereocenters. The molecule has 1 aromatic carbocycles. The molecule has 2 N–H and O–H groups in total. The summed E-state index contributed by atoms with van der Waals surface area (Å²) in [4.78, 5) is 16.6. The average molecular weight is 319 g/mol. The van der Waals surface area contributed by atoms with E-state index in [9.17, 15) is 4.79 Å². The van der Waals surface area contributed by atoms with E-state index in [4.69, 9.17) is 10.5 Å². The third-order valence-electron chi connectivity index (χ3n) is 4.07. The van der Waals surface area contributed by atoms with Gasteiger partial charge in [0, 0.05) is 30.2 Å². The highest BCUT2D eigenvalue weighted by molar-refractivity contribution is 8.05. The minimum absolute atomic E-state index is 0.178. The Labute approximate surface area is 135 Å². The normalized spacial score (nSPS) is 22.4. The Balaban J connectivity index is 1.82. The Morgan fingerprint density at radius 2 is 1.82 bits per heavy atom. The van der Waals surface area contributed by atoms with E-state index in [0.29, 0.717) is 4.91 Å². The molecule has 1 fully saturated rings. The van der Waals surface area contributed by atoms with Crippen molar-refractivity contribution in [3.05, 3.63) is 34.9 Å². The summed E-state index contributed by atoms with van der Waals surface area (Å²) < 4.78 is 5.39. The fourth-order valence-electron chi connectivity index (χ4n) is 2.98. The van der Waals surface area contributed by atoms with Crippen LogP contribution in [0.3, 0.4) is 0 Å². The lowest BCUT2D eigenvalue weighted by Crippen LogP contribution is -2.36. The number of nitrogens with two attached hydrogens (primary N) is 1. The number of thioether (sulfide) groups is 1. The summed E-state index contributed by atoms with van der Waals surface area (Å²) in [6.07, 6.45) is 0. The van der Waals surface area contributed by atoms with E-state index in [2.05, 4.69) is 41.0 Å². The first-order valence-electron chi connectivity index (χ1n) is 7.47. The maximum Gasteiger partial charge on any atom is 0.256 e. The number of allylic oxidation sites excluding steroid dienone is 1. The van der Waals surface area contributed by atoms with Crippen LogP contribution in [-0.2, 0) is 9.53 Å². The summed E-state index contributed by atoms with van der Waals surface area (Å²) in [6, 6.07) is 8.48. The van der Waals surface area contributed by atoms with E-state index in [0.717, 1.165) is 37.7 Å². The summed E-state index contributed by atoms with van der Waals surface area (Å²) in [5.74, 6) is -0.346. The van der Waals surface area contributed by atoms with Gasteiger partial charge >= 0.3 is 0 Å². The van der Waals surface area contributed by atoms with Gasteiger partial charge in [-0.3, -0.25) is 4.79 Å². The number of nitrogens with zero attached hydrogens (tertiary/aromatic N) is 2. The SMILES string of the molecule is CC1=C(C(N)=O)SC(C)N1c1ccc(N2CCOCC2)cc1. The molecule has 0 radical (unpaired) electrons. The lowest BCUT2D eigenvalue weighted by Gasteiger charge is -2.30. The molecule has 1 atom stereocenters. The first kappa shape index (κ1) is 15.2. The molecule has 2 heterocycles. The van der Waals surface area contributed by atoms with Crippen molar-refractivity contribution in [2.24, 2.45) is 5.73 Å². The van der Waals surface area contributed by atoms with Crippen LogP contribution in [0.25, 0.3) is 0 Å². The van der Waals surface area contributed by atoms with Gasteiger partial charge in [0.1, 0.15) is 0 Å². The molecule has 1 saturated heterocycles. The zero-order valence-corrected chi connectivity index (χ0v) is 13.7. The second-order valence-electron chi connectivity index (χ2n) is 5.48. The molecule has 0 aliphatic carbocycles. The predicted octanol–water partition coefficient (Wildman–Crippen LogP) is 2.14. The Bertz CT molecular complexity index is 594. The zero-order valence-electron chi connectivity index (χ0n) is 12.9. The van der Waals surface area contributed by atoms with Gasteiger partial charge in [-0.05, 0) is 38.1 Å². The monoisotopic (exact) mass is 319 g/mol. The summed E-state index contributed by atoms with van der Waals surface area (Å²) in [5, 5.41) is 0.178. The number of carbonyl (C=O) groups excluding carboxylic acids is 1. The minimum atomic E-state index is -0.346. The number of carbonyl (C=O) groups is 1. The quantitative estimate of drug-likeness (QED) is 0.925. The van der Waals surface area contributed by atoms with Gasteiger partial charge in [0.2, 0.25) is 0 Å². The molecular formula is C16H21N3O2S. The molecule has 0 spiro atoms. The van der Waals surface area contributed by atoms with Crippen molar-refractivity contribution >= 4 is 29.0 Å². The van der Waals surface area contributed by atoms with Crippen molar-refractivity contribution < 1.29 is 9.53 Å². The maximum absolute atomic E-state index is 11.5. The molecule has 3 rings (SSSR count). The number of anilines is 2. The van der Waals surface area contributed by atoms with Gasteiger partial charge in [0.15, 0.2) is 0 Å². The molecule has 2 aliphatic heterocycles. The molecule has 2 aliphatic rings. The van der Waals surface area contributed by atoms with Crippen LogP contribution in [0.2, 0.25) is 0 Å². The number of morpholine rings is 1. The van der Waals surface area contributed by atoms with E-state index >= 15 is 0 Å². The second kappa shape index (κ2) is 6.22. The molecule has 22 heavy (non-hydrogen) atoms. The molecule has 0 saturated carbocycles. The molecular weight excluding hydrogens is 298 g/mol. The third kappa shape index (κ3) is 2.80. The van der Waals surface area contributed by atoms with Crippen LogP contribution in [0.15, 0.2) is 34.9 Å². The number of hydrogen-bond donors (Lipinski definition) is 1. The fourth-order valence-corrected chi connectivity index (χ4v) is 4.09. The molecule has 0 bridgehead atoms. The van der Waals surface area contributed by atoms with Gasteiger partial charge in [-0.15, -0.1) is 0 Å². The first-order chi connectivity index (χ1) is 10.6. The lowest BCUT2D eigenvalue weighted by molar-refractivity contribution is -0.113. The van der Waals surface area contributed by atoms with E-state index in [-0.39, 0.29) is 11.3 Å². The van der Waals surface area contributed by atoms with Crippen molar-refractivity contribution in [3.8, 4) is 0 Å². The minimum Gasteiger partial charge on any atom is -0.378 e. The molecule has 118 valence electrons. The van der Waals surface area contributed by atoms with Crippen molar-refractivity contribution in [2.75, 3.05) is 36.1 Å². The van der Waals surface area contributed by atoms with E-state index in [1.54, 1.807) is 0 Å². The number of ether oxygens (including phenoxy) is 1. The predicted molar refractivity (Wildman–Crippen MR) is 90.9 cm³/mol. The molecule has 1 amide bonds. The molecule has 5 nitrogen and oxygen atoms in total. The van der Waals surface area contributed by atoms with Crippen LogP contribution in [0.1, 0.15) is 13.8 Å². The van der Waals surface area contributed by atoms with Crippen LogP contribution in [-0.4, -0.2) is 37.6 Å². The van der Waals surface area contributed by atoms with Crippen LogP contribution in [0.5, 0.6) is 0 Å². The smallest absolute Gasteiger partial charge is 0.256 e. The van der Waals surface area contributed by atoms with Gasteiger partial charge in [0.25, 0.3) is 5.91 Å². The summed E-state index contributed by atoms with van der Waals surface area (Å²) in [6.45, 7) is 7.46. The Hall–Kier alpha value is -1.66. The fraction of sp³-hybridized carbons (Fsp3) is 0.438. The largest absolute Gasteiger partial charge is 0.378 e. The zero-order chi connectivity index (χ0) is 15.7.